The van der Waals surface area contributed by atoms with E-state index in [0.29, 0.717) is 12.8 Å². The Labute approximate surface area is 106 Å². The van der Waals surface area contributed by atoms with Crippen molar-refractivity contribution in [3.05, 3.63) is 23.2 Å². The van der Waals surface area contributed by atoms with E-state index in [1.165, 1.54) is 6.08 Å². The van der Waals surface area contributed by atoms with Gasteiger partial charge in [-0.2, -0.15) is 0 Å². The van der Waals surface area contributed by atoms with Crippen LogP contribution in [0.15, 0.2) is 23.2 Å². The molecule has 1 atom stereocenters. The first-order valence-corrected chi connectivity index (χ1v) is 6.04. The number of Topliss-reactive ketones (excluding diaryl/α,β-unsaturated/α-hetero) is 1. The summed E-state index contributed by atoms with van der Waals surface area (Å²) < 4.78 is 4.80. The van der Waals surface area contributed by atoms with Crippen LogP contribution in [-0.2, 0) is 14.3 Å². The van der Waals surface area contributed by atoms with E-state index in [2.05, 4.69) is 0 Å². The van der Waals surface area contributed by atoms with Crippen LogP contribution in [0, 0.1) is 5.92 Å². The molecule has 0 amide bonds. The van der Waals surface area contributed by atoms with Gasteiger partial charge in [0.15, 0.2) is 5.78 Å². The highest BCUT2D eigenvalue weighted by Gasteiger charge is 2.32. The third-order valence-electron chi connectivity index (χ3n) is 2.66. The lowest BCUT2D eigenvalue weighted by molar-refractivity contribution is -0.147. The Hall–Kier alpha value is -1.78. The summed E-state index contributed by atoms with van der Waals surface area (Å²) in [5.41, 5.74) is -0.0719. The quantitative estimate of drug-likeness (QED) is 0.456. The standard InChI is InChI=1S/C13H18O5/c1-3-5-9(14)12-10(15)6-8(7-11(12)16)13(17)18-4-2/h6,8,14-15H,3-5,7H2,1-2H3/b12-9+. The van der Waals surface area contributed by atoms with Gasteiger partial charge in [-0.25, -0.2) is 0 Å². The van der Waals surface area contributed by atoms with Crippen molar-refractivity contribution in [3.8, 4) is 0 Å². The van der Waals surface area contributed by atoms with Crippen molar-refractivity contribution in [2.24, 2.45) is 5.92 Å². The first-order valence-electron chi connectivity index (χ1n) is 6.04. The summed E-state index contributed by atoms with van der Waals surface area (Å²) in [7, 11) is 0. The minimum atomic E-state index is -0.768. The highest BCUT2D eigenvalue weighted by atomic mass is 16.5. The number of rotatable bonds is 4. The third kappa shape index (κ3) is 3.12. The normalized spacial score (nSPS) is 22.4. The van der Waals surface area contributed by atoms with Crippen LogP contribution in [0.3, 0.4) is 0 Å². The number of esters is 1. The van der Waals surface area contributed by atoms with Gasteiger partial charge in [-0.3, -0.25) is 9.59 Å². The number of hydrogen-bond acceptors (Lipinski definition) is 5. The maximum atomic E-state index is 11.8. The first-order chi connectivity index (χ1) is 8.51. The summed E-state index contributed by atoms with van der Waals surface area (Å²) in [6, 6.07) is 0. The molecule has 0 spiro atoms. The number of aliphatic hydroxyl groups is 2. The molecule has 0 aromatic rings. The molecule has 0 saturated carbocycles. The molecule has 5 nitrogen and oxygen atoms in total. The van der Waals surface area contributed by atoms with Crippen LogP contribution in [0.1, 0.15) is 33.1 Å². The Morgan fingerprint density at radius 2 is 2.17 bits per heavy atom. The van der Waals surface area contributed by atoms with Crippen molar-refractivity contribution >= 4 is 11.8 Å². The summed E-state index contributed by atoms with van der Waals surface area (Å²) in [6.07, 6.45) is 2.17. The molecule has 1 aliphatic rings. The molecule has 0 radical (unpaired) electrons. The zero-order chi connectivity index (χ0) is 13.7. The van der Waals surface area contributed by atoms with Crippen molar-refractivity contribution in [3.63, 3.8) is 0 Å². The van der Waals surface area contributed by atoms with Crippen molar-refractivity contribution in [2.45, 2.75) is 33.1 Å². The van der Waals surface area contributed by atoms with Crippen LogP contribution < -0.4 is 0 Å². The smallest absolute Gasteiger partial charge is 0.313 e. The van der Waals surface area contributed by atoms with E-state index < -0.39 is 17.7 Å². The number of carbonyl (C=O) groups is 2. The Kier molecular flexibility index (Phi) is 4.95. The molecule has 100 valence electrons. The Balaban J connectivity index is 2.98. The number of ether oxygens (including phenoxy) is 1. The van der Waals surface area contributed by atoms with Crippen LogP contribution in [0.4, 0.5) is 0 Å². The van der Waals surface area contributed by atoms with Gasteiger partial charge in [0.1, 0.15) is 11.5 Å². The molecular formula is C13H18O5. The zero-order valence-electron chi connectivity index (χ0n) is 10.6. The number of carbonyl (C=O) groups excluding carboxylic acids is 2. The van der Waals surface area contributed by atoms with Gasteiger partial charge in [0.2, 0.25) is 0 Å². The van der Waals surface area contributed by atoms with E-state index >= 15 is 0 Å². The lowest BCUT2D eigenvalue weighted by Gasteiger charge is -2.19. The van der Waals surface area contributed by atoms with Crippen LogP contribution in [0.5, 0.6) is 0 Å². The third-order valence-corrected chi connectivity index (χ3v) is 2.66. The summed E-state index contributed by atoms with van der Waals surface area (Å²) in [4.78, 5) is 23.3. The van der Waals surface area contributed by atoms with Crippen LogP contribution >= 0.6 is 0 Å². The van der Waals surface area contributed by atoms with Gasteiger partial charge in [-0.15, -0.1) is 0 Å². The summed E-state index contributed by atoms with van der Waals surface area (Å²) in [5.74, 6) is -2.20. The highest BCUT2D eigenvalue weighted by molar-refractivity contribution is 6.03. The molecule has 0 heterocycles. The second-order valence-corrected chi connectivity index (χ2v) is 4.11. The average Bonchev–Trinajstić information content (AvgIpc) is 2.28. The van der Waals surface area contributed by atoms with E-state index in [1.54, 1.807) is 6.92 Å². The molecule has 2 N–H and O–H groups in total. The van der Waals surface area contributed by atoms with Crippen molar-refractivity contribution < 1.29 is 24.5 Å². The van der Waals surface area contributed by atoms with Gasteiger partial charge < -0.3 is 14.9 Å². The fraction of sp³-hybridized carbons (Fsp3) is 0.538. The maximum absolute atomic E-state index is 11.8. The minimum absolute atomic E-state index is 0.0719. The van der Waals surface area contributed by atoms with E-state index in [0.717, 1.165) is 0 Å². The summed E-state index contributed by atoms with van der Waals surface area (Å²) >= 11 is 0. The molecule has 0 fully saturated rings. The molecule has 18 heavy (non-hydrogen) atoms. The SMILES string of the molecule is CCC/C(O)=C1\C(=O)CC(C(=O)OCC)C=C1O. The van der Waals surface area contributed by atoms with Gasteiger partial charge in [0.25, 0.3) is 0 Å². The molecule has 1 unspecified atom stereocenters. The van der Waals surface area contributed by atoms with E-state index in [1.807, 2.05) is 6.92 Å². The maximum Gasteiger partial charge on any atom is 0.313 e. The van der Waals surface area contributed by atoms with E-state index in [4.69, 9.17) is 4.74 Å². The molecule has 5 heteroatoms. The van der Waals surface area contributed by atoms with Gasteiger partial charge >= 0.3 is 5.97 Å². The molecule has 0 aliphatic heterocycles. The fourth-order valence-corrected chi connectivity index (χ4v) is 1.85. The number of allylic oxidation sites excluding steroid dienone is 2. The predicted molar refractivity (Wildman–Crippen MR) is 65.0 cm³/mol. The second-order valence-electron chi connectivity index (χ2n) is 4.11. The van der Waals surface area contributed by atoms with Gasteiger partial charge in [-0.1, -0.05) is 6.92 Å². The number of ketones is 1. The largest absolute Gasteiger partial charge is 0.511 e. The number of hydrogen-bond donors (Lipinski definition) is 2. The van der Waals surface area contributed by atoms with Crippen LogP contribution in [0.2, 0.25) is 0 Å². The van der Waals surface area contributed by atoms with Gasteiger partial charge in [0.05, 0.1) is 18.1 Å². The minimum Gasteiger partial charge on any atom is -0.511 e. The highest BCUT2D eigenvalue weighted by Crippen LogP contribution is 2.27. The van der Waals surface area contributed by atoms with Gasteiger partial charge in [0, 0.05) is 12.8 Å². The second kappa shape index (κ2) is 6.23. The molecule has 0 bridgehead atoms. The summed E-state index contributed by atoms with van der Waals surface area (Å²) in [5, 5.41) is 19.4. The Morgan fingerprint density at radius 1 is 1.50 bits per heavy atom. The lowest BCUT2D eigenvalue weighted by atomic mass is 9.88. The average molecular weight is 254 g/mol. The number of aliphatic hydroxyl groups excluding tert-OH is 2. The van der Waals surface area contributed by atoms with Crippen molar-refractivity contribution in [1.29, 1.82) is 0 Å². The molecule has 1 aliphatic carbocycles. The molecule has 0 aromatic carbocycles. The fourth-order valence-electron chi connectivity index (χ4n) is 1.85. The Morgan fingerprint density at radius 3 is 2.67 bits per heavy atom. The zero-order valence-corrected chi connectivity index (χ0v) is 10.6. The molecule has 1 rings (SSSR count). The van der Waals surface area contributed by atoms with E-state index in [9.17, 15) is 19.8 Å². The summed E-state index contributed by atoms with van der Waals surface area (Å²) in [6.45, 7) is 3.75. The Bertz CT molecular complexity index is 406. The van der Waals surface area contributed by atoms with Gasteiger partial charge in [-0.05, 0) is 19.4 Å². The topological polar surface area (TPSA) is 83.8 Å². The van der Waals surface area contributed by atoms with E-state index in [-0.39, 0.29) is 30.1 Å². The molecule has 0 aromatic heterocycles. The van der Waals surface area contributed by atoms with Crippen LogP contribution in [0.25, 0.3) is 0 Å². The predicted octanol–water partition coefficient (Wildman–Crippen LogP) is 2.19. The molecule has 0 saturated heterocycles. The first kappa shape index (κ1) is 14.3. The monoisotopic (exact) mass is 254 g/mol. The van der Waals surface area contributed by atoms with Crippen molar-refractivity contribution in [1.82, 2.24) is 0 Å². The van der Waals surface area contributed by atoms with Crippen molar-refractivity contribution in [2.75, 3.05) is 6.61 Å². The van der Waals surface area contributed by atoms with Crippen LogP contribution in [-0.4, -0.2) is 28.6 Å². The lowest BCUT2D eigenvalue weighted by Crippen LogP contribution is -2.25. The molecular weight excluding hydrogens is 236 g/mol.